The molecule has 4 aromatic carbocycles. The van der Waals surface area contributed by atoms with Gasteiger partial charge in [-0.05, 0) is 66.8 Å². The third kappa shape index (κ3) is 7.45. The molecule has 0 aromatic heterocycles. The zero-order valence-electron chi connectivity index (χ0n) is 21.4. The van der Waals surface area contributed by atoms with E-state index in [0.29, 0.717) is 14.3 Å². The van der Waals surface area contributed by atoms with Crippen molar-refractivity contribution in [2.24, 2.45) is 0 Å². The van der Waals surface area contributed by atoms with Gasteiger partial charge in [-0.15, -0.1) is 0 Å². The van der Waals surface area contributed by atoms with Crippen LogP contribution in [0.4, 0.5) is 0 Å². The van der Waals surface area contributed by atoms with Crippen molar-refractivity contribution >= 4 is 61.6 Å². The molecule has 0 aliphatic rings. The van der Waals surface area contributed by atoms with Crippen molar-refractivity contribution in [1.29, 1.82) is 0 Å². The molecule has 1 N–H and O–H groups in total. The van der Waals surface area contributed by atoms with Crippen molar-refractivity contribution in [1.82, 2.24) is 0 Å². The van der Waals surface area contributed by atoms with Crippen LogP contribution < -0.4 is 26.5 Å². The Kier molecular flexibility index (Phi) is 11.1. The summed E-state index contributed by atoms with van der Waals surface area (Å²) in [5.41, 5.74) is 3.41. The number of aryl methyl sites for hydroxylation is 2. The van der Waals surface area contributed by atoms with Gasteiger partial charge in [0.05, 0.1) is 7.92 Å². The monoisotopic (exact) mass is 589 g/mol. The van der Waals surface area contributed by atoms with Crippen molar-refractivity contribution in [3.05, 3.63) is 108 Å². The first-order chi connectivity index (χ1) is 17.2. The van der Waals surface area contributed by atoms with Gasteiger partial charge >= 0.3 is 35.6 Å². The quantitative estimate of drug-likeness (QED) is 0.200. The van der Waals surface area contributed by atoms with Gasteiger partial charge in [0.2, 0.25) is 0 Å². The minimum absolute atomic E-state index is 0.104. The summed E-state index contributed by atoms with van der Waals surface area (Å²) in [7, 11) is 9.00. The van der Waals surface area contributed by atoms with E-state index in [4.69, 9.17) is 18.6 Å². The van der Waals surface area contributed by atoms with E-state index >= 15 is 0 Å². The van der Waals surface area contributed by atoms with E-state index in [2.05, 4.69) is 126 Å². The van der Waals surface area contributed by atoms with E-state index in [-0.39, 0.29) is 5.41 Å². The summed E-state index contributed by atoms with van der Waals surface area (Å²) in [6.07, 6.45) is 0. The SMILES string of the molecule is Cc1cc(Pc2c(C)cccc2[PH+](c2ccccc2)c2ccccc2)c(O)c(C(C)(C)C)c1.[Cl][Ti][Cl]. The van der Waals surface area contributed by atoms with Crippen LogP contribution in [0, 0.1) is 13.8 Å². The van der Waals surface area contributed by atoms with Crippen molar-refractivity contribution < 1.29 is 22.1 Å². The molecule has 0 heterocycles. The molecule has 6 heteroatoms. The average Bonchev–Trinajstić information content (AvgIpc) is 2.84. The first-order valence-corrected chi connectivity index (χ1v) is 18.6. The Morgan fingerprint density at radius 1 is 0.778 bits per heavy atom. The fourth-order valence-corrected chi connectivity index (χ4v) is 8.91. The Morgan fingerprint density at radius 2 is 1.31 bits per heavy atom. The molecule has 1 nitrogen and oxygen atoms in total. The molecule has 4 aromatic rings. The van der Waals surface area contributed by atoms with Crippen molar-refractivity contribution in [2.45, 2.75) is 40.0 Å². The number of benzene rings is 4. The van der Waals surface area contributed by atoms with E-state index in [0.717, 1.165) is 10.9 Å². The number of rotatable bonds is 5. The minimum atomic E-state index is -1.18. The van der Waals surface area contributed by atoms with Gasteiger partial charge < -0.3 is 5.11 Å². The summed E-state index contributed by atoms with van der Waals surface area (Å²) in [6, 6.07) is 32.8. The third-order valence-corrected chi connectivity index (χ3v) is 10.6. The Morgan fingerprint density at radius 3 is 1.81 bits per heavy atom. The van der Waals surface area contributed by atoms with Crippen molar-refractivity contribution in [3.63, 3.8) is 0 Å². The average molecular weight is 590 g/mol. The topological polar surface area (TPSA) is 20.2 Å². The second-order valence-electron chi connectivity index (χ2n) is 9.76. The van der Waals surface area contributed by atoms with Crippen LogP contribution >= 0.6 is 35.1 Å². The summed E-state index contributed by atoms with van der Waals surface area (Å²) in [5.74, 6) is 0.453. The van der Waals surface area contributed by atoms with Gasteiger partial charge in [0.15, 0.2) is 0 Å². The summed E-state index contributed by atoms with van der Waals surface area (Å²) in [4.78, 5) is 0. The van der Waals surface area contributed by atoms with E-state index < -0.39 is 25.0 Å². The summed E-state index contributed by atoms with van der Waals surface area (Å²) < 4.78 is 0. The molecule has 0 aliphatic carbocycles. The van der Waals surface area contributed by atoms with Crippen molar-refractivity contribution in [2.75, 3.05) is 0 Å². The van der Waals surface area contributed by atoms with Crippen LogP contribution in [-0.2, 0) is 22.4 Å². The molecule has 0 aliphatic heterocycles. The van der Waals surface area contributed by atoms with Crippen LogP contribution in [0.2, 0.25) is 0 Å². The zero-order chi connectivity index (χ0) is 26.3. The maximum atomic E-state index is 11.3. The second-order valence-corrected chi connectivity index (χ2v) is 16.1. The van der Waals surface area contributed by atoms with Crippen LogP contribution in [-0.4, -0.2) is 5.11 Å². The van der Waals surface area contributed by atoms with Gasteiger partial charge in [-0.25, -0.2) is 0 Å². The summed E-state index contributed by atoms with van der Waals surface area (Å²) in [5, 5.41) is 17.9. The number of phenolic OH excluding ortho intramolecular Hbond substituents is 1. The standard InChI is InChI=1S/C30H32OP2.2ClH.Ti/c1-21-19-25(30(3,4)5)28(31)26(20-21)32-29-22(2)13-12-18-27(29)33(23-14-8-6-9-15-23)24-16-10-7-11-17-24;;;/h6-20,31-32H,1-5H3;2*1H;/q;;;+2/p-1. The summed E-state index contributed by atoms with van der Waals surface area (Å²) in [6.45, 7) is 10.8. The molecule has 186 valence electrons. The molecule has 0 bridgehead atoms. The van der Waals surface area contributed by atoms with Crippen LogP contribution in [0.1, 0.15) is 37.5 Å². The molecular formula is C30H33Cl2OP2Ti+. The normalized spacial score (nSPS) is 11.4. The maximum absolute atomic E-state index is 11.3. The van der Waals surface area contributed by atoms with E-state index in [9.17, 15) is 5.11 Å². The molecule has 0 saturated carbocycles. The first kappa shape index (κ1) is 29.4. The van der Waals surface area contributed by atoms with Gasteiger partial charge in [0.1, 0.15) is 21.7 Å². The first-order valence-electron chi connectivity index (χ1n) is 11.8. The van der Waals surface area contributed by atoms with Gasteiger partial charge in [-0.2, -0.15) is 0 Å². The van der Waals surface area contributed by atoms with Crippen LogP contribution in [0.25, 0.3) is 0 Å². The predicted molar refractivity (Wildman–Crippen MR) is 162 cm³/mol. The summed E-state index contributed by atoms with van der Waals surface area (Å²) >= 11 is -0.556. The van der Waals surface area contributed by atoms with E-state index in [1.807, 2.05) is 0 Å². The Hall–Kier alpha value is -1.17. The van der Waals surface area contributed by atoms with Gasteiger partial charge in [-0.3, -0.25) is 0 Å². The number of aromatic hydroxyl groups is 1. The van der Waals surface area contributed by atoms with Gasteiger partial charge in [-0.1, -0.05) is 83.9 Å². The number of hydrogen-bond acceptors (Lipinski definition) is 1. The molecule has 0 spiro atoms. The Labute approximate surface area is 235 Å². The molecular weight excluding hydrogens is 557 g/mol. The molecule has 1 atom stereocenters. The van der Waals surface area contributed by atoms with Crippen LogP contribution in [0.5, 0.6) is 5.75 Å². The van der Waals surface area contributed by atoms with Gasteiger partial charge in [0, 0.05) is 16.2 Å². The number of hydrogen-bond donors (Lipinski definition) is 1. The number of halogens is 2. The molecule has 0 fully saturated rings. The van der Waals surface area contributed by atoms with E-state index in [1.165, 1.54) is 32.3 Å². The Balaban J connectivity index is 0.00000115. The molecule has 36 heavy (non-hydrogen) atoms. The second kappa shape index (κ2) is 13.6. The molecule has 1 unspecified atom stereocenters. The van der Waals surface area contributed by atoms with E-state index in [1.54, 1.807) is 0 Å². The molecule has 0 saturated heterocycles. The molecule has 0 radical (unpaired) electrons. The fourth-order valence-electron chi connectivity index (χ4n) is 4.31. The number of phenols is 1. The van der Waals surface area contributed by atoms with Crippen LogP contribution in [0.15, 0.2) is 91.0 Å². The zero-order valence-corrected chi connectivity index (χ0v) is 26.4. The fraction of sp³-hybridized carbons (Fsp3) is 0.200. The van der Waals surface area contributed by atoms with Crippen molar-refractivity contribution in [3.8, 4) is 5.75 Å². The molecule has 4 rings (SSSR count). The van der Waals surface area contributed by atoms with Crippen LogP contribution in [0.3, 0.4) is 0 Å². The third-order valence-electron chi connectivity index (χ3n) is 5.99. The predicted octanol–water partition coefficient (Wildman–Crippen LogP) is 6.80. The Bertz CT molecular complexity index is 1240. The molecule has 0 amide bonds. The van der Waals surface area contributed by atoms with Gasteiger partial charge in [0.25, 0.3) is 0 Å².